The summed E-state index contributed by atoms with van der Waals surface area (Å²) in [5.74, 6) is 1.38. The van der Waals surface area contributed by atoms with E-state index in [1.807, 2.05) is 39.0 Å². The zero-order valence-electron chi connectivity index (χ0n) is 18.9. The van der Waals surface area contributed by atoms with Gasteiger partial charge in [-0.15, -0.1) is 0 Å². The van der Waals surface area contributed by atoms with Crippen molar-refractivity contribution < 1.29 is 22.7 Å². The van der Waals surface area contributed by atoms with Gasteiger partial charge in [0.1, 0.15) is 0 Å². The molecule has 0 bridgehead atoms. The lowest BCUT2D eigenvalue weighted by atomic mass is 10.1. The summed E-state index contributed by atoms with van der Waals surface area (Å²) in [5, 5.41) is 10.8. The van der Waals surface area contributed by atoms with Crippen LogP contribution < -0.4 is 25.2 Å². The topological polar surface area (TPSA) is 120 Å². The van der Waals surface area contributed by atoms with Crippen LogP contribution in [-0.4, -0.2) is 34.2 Å². The Labute approximate surface area is 190 Å². The van der Waals surface area contributed by atoms with E-state index in [0.717, 1.165) is 24.0 Å². The summed E-state index contributed by atoms with van der Waals surface area (Å²) in [6.45, 7) is 7.60. The number of rotatable bonds is 12. The van der Waals surface area contributed by atoms with Crippen LogP contribution in [0.4, 0.5) is 4.79 Å². The SMILES string of the molecule is CCCOc1ccc([C@@H](C)NC(=O)NCCc2ccc(S(N)(=O)=O)cc2)cc1OCCC. The van der Waals surface area contributed by atoms with Gasteiger partial charge >= 0.3 is 6.03 Å². The van der Waals surface area contributed by atoms with Crippen LogP contribution >= 0.6 is 0 Å². The molecule has 1 atom stereocenters. The second-order valence-corrected chi connectivity index (χ2v) is 9.03. The third kappa shape index (κ3) is 8.05. The molecule has 2 rings (SSSR count). The van der Waals surface area contributed by atoms with Gasteiger partial charge < -0.3 is 20.1 Å². The molecular weight excluding hydrogens is 430 g/mol. The van der Waals surface area contributed by atoms with Crippen molar-refractivity contribution in [2.24, 2.45) is 5.14 Å². The number of sulfonamides is 1. The fraction of sp³-hybridized carbons (Fsp3) is 0.435. The predicted octanol–water partition coefficient (Wildman–Crippen LogP) is 3.51. The Balaban J connectivity index is 1.89. The van der Waals surface area contributed by atoms with Crippen molar-refractivity contribution in [3.8, 4) is 11.5 Å². The van der Waals surface area contributed by atoms with Gasteiger partial charge in [0, 0.05) is 6.54 Å². The van der Waals surface area contributed by atoms with Crippen molar-refractivity contribution in [2.75, 3.05) is 19.8 Å². The number of nitrogens with one attached hydrogen (secondary N) is 2. The maximum absolute atomic E-state index is 12.3. The van der Waals surface area contributed by atoms with Gasteiger partial charge in [0.15, 0.2) is 11.5 Å². The number of amides is 2. The quantitative estimate of drug-likeness (QED) is 0.445. The molecule has 176 valence electrons. The molecule has 2 aromatic carbocycles. The van der Waals surface area contributed by atoms with Gasteiger partial charge in [0.05, 0.1) is 24.2 Å². The molecule has 0 radical (unpaired) electrons. The summed E-state index contributed by atoms with van der Waals surface area (Å²) >= 11 is 0. The number of carbonyl (C=O) groups is 1. The summed E-state index contributed by atoms with van der Waals surface area (Å²) < 4.78 is 34.2. The lowest BCUT2D eigenvalue weighted by Gasteiger charge is -2.18. The predicted molar refractivity (Wildman–Crippen MR) is 124 cm³/mol. The summed E-state index contributed by atoms with van der Waals surface area (Å²) in [4.78, 5) is 12.4. The van der Waals surface area contributed by atoms with Crippen LogP contribution in [0.25, 0.3) is 0 Å². The molecule has 0 heterocycles. The van der Waals surface area contributed by atoms with E-state index in [1.54, 1.807) is 12.1 Å². The molecule has 0 unspecified atom stereocenters. The largest absolute Gasteiger partial charge is 0.490 e. The Hall–Kier alpha value is -2.78. The number of hydrogen-bond donors (Lipinski definition) is 3. The van der Waals surface area contributed by atoms with Crippen molar-refractivity contribution >= 4 is 16.1 Å². The van der Waals surface area contributed by atoms with Crippen LogP contribution in [0.15, 0.2) is 47.4 Å². The fourth-order valence-electron chi connectivity index (χ4n) is 2.95. The average molecular weight is 464 g/mol. The molecule has 0 aromatic heterocycles. The van der Waals surface area contributed by atoms with Gasteiger partial charge in [0.2, 0.25) is 10.0 Å². The standard InChI is InChI=1S/C23H33N3O5S/c1-4-14-30-21-11-8-19(16-22(21)31-15-5-2)17(3)26-23(27)25-13-12-18-6-9-20(10-7-18)32(24,28)29/h6-11,16-17H,4-5,12-15H2,1-3H3,(H2,24,28,29)(H2,25,26,27)/t17-/m1/s1. The molecule has 32 heavy (non-hydrogen) atoms. The van der Waals surface area contributed by atoms with Crippen LogP contribution in [0.1, 0.15) is 50.8 Å². The maximum atomic E-state index is 12.3. The Morgan fingerprint density at radius 2 is 1.62 bits per heavy atom. The molecular formula is C23H33N3O5S. The Morgan fingerprint density at radius 3 is 2.22 bits per heavy atom. The third-order valence-corrected chi connectivity index (χ3v) is 5.62. The van der Waals surface area contributed by atoms with Crippen LogP contribution in [0, 0.1) is 0 Å². The molecule has 0 aliphatic rings. The van der Waals surface area contributed by atoms with Gasteiger partial charge in [0.25, 0.3) is 0 Å². The fourth-order valence-corrected chi connectivity index (χ4v) is 3.46. The first kappa shape index (κ1) is 25.5. The molecule has 0 fully saturated rings. The number of carbonyl (C=O) groups excluding carboxylic acids is 1. The first-order chi connectivity index (χ1) is 15.2. The monoisotopic (exact) mass is 463 g/mol. The second kappa shape index (κ2) is 12.3. The van der Waals surface area contributed by atoms with Gasteiger partial charge in [-0.2, -0.15) is 0 Å². The van der Waals surface area contributed by atoms with Crippen LogP contribution in [-0.2, 0) is 16.4 Å². The molecule has 2 aromatic rings. The summed E-state index contributed by atoms with van der Waals surface area (Å²) in [6.07, 6.45) is 2.35. The van der Waals surface area contributed by atoms with Crippen molar-refractivity contribution in [1.29, 1.82) is 0 Å². The minimum Gasteiger partial charge on any atom is -0.490 e. The van der Waals surface area contributed by atoms with E-state index in [9.17, 15) is 13.2 Å². The van der Waals surface area contributed by atoms with Gasteiger partial charge in [-0.1, -0.05) is 32.0 Å². The molecule has 4 N–H and O–H groups in total. The summed E-state index contributed by atoms with van der Waals surface area (Å²) in [7, 11) is -3.71. The smallest absolute Gasteiger partial charge is 0.315 e. The molecule has 0 spiro atoms. The van der Waals surface area contributed by atoms with Crippen molar-refractivity contribution in [3.63, 3.8) is 0 Å². The first-order valence-corrected chi connectivity index (χ1v) is 12.3. The van der Waals surface area contributed by atoms with E-state index in [0.29, 0.717) is 37.7 Å². The molecule has 2 amide bonds. The van der Waals surface area contributed by atoms with E-state index >= 15 is 0 Å². The molecule has 0 saturated heterocycles. The highest BCUT2D eigenvalue weighted by Crippen LogP contribution is 2.31. The Bertz CT molecular complexity index is 978. The lowest BCUT2D eigenvalue weighted by Crippen LogP contribution is -2.38. The molecule has 0 saturated carbocycles. The zero-order chi connectivity index (χ0) is 23.6. The minimum atomic E-state index is -3.71. The van der Waals surface area contributed by atoms with E-state index in [4.69, 9.17) is 14.6 Å². The first-order valence-electron chi connectivity index (χ1n) is 10.8. The number of ether oxygens (including phenoxy) is 2. The van der Waals surface area contributed by atoms with E-state index in [2.05, 4.69) is 10.6 Å². The number of urea groups is 1. The lowest BCUT2D eigenvalue weighted by molar-refractivity contribution is 0.238. The molecule has 0 aliphatic heterocycles. The van der Waals surface area contributed by atoms with Crippen molar-refractivity contribution in [3.05, 3.63) is 53.6 Å². The minimum absolute atomic E-state index is 0.0641. The van der Waals surface area contributed by atoms with Crippen LogP contribution in [0.5, 0.6) is 11.5 Å². The highest BCUT2D eigenvalue weighted by Gasteiger charge is 2.14. The number of nitrogens with two attached hydrogens (primary N) is 1. The van der Waals surface area contributed by atoms with E-state index in [-0.39, 0.29) is 17.0 Å². The number of benzene rings is 2. The Morgan fingerprint density at radius 1 is 1.00 bits per heavy atom. The summed E-state index contributed by atoms with van der Waals surface area (Å²) in [6, 6.07) is 11.5. The maximum Gasteiger partial charge on any atom is 0.315 e. The average Bonchev–Trinajstić information content (AvgIpc) is 2.76. The zero-order valence-corrected chi connectivity index (χ0v) is 19.7. The number of hydrogen-bond acceptors (Lipinski definition) is 5. The third-order valence-electron chi connectivity index (χ3n) is 4.69. The second-order valence-electron chi connectivity index (χ2n) is 7.46. The molecule has 0 aliphatic carbocycles. The normalized spacial score (nSPS) is 12.1. The van der Waals surface area contributed by atoms with Crippen LogP contribution in [0.3, 0.4) is 0 Å². The Kier molecular flexibility index (Phi) is 9.80. The van der Waals surface area contributed by atoms with E-state index < -0.39 is 10.0 Å². The van der Waals surface area contributed by atoms with Gasteiger partial charge in [-0.25, -0.2) is 18.4 Å². The highest BCUT2D eigenvalue weighted by molar-refractivity contribution is 7.89. The highest BCUT2D eigenvalue weighted by atomic mass is 32.2. The van der Waals surface area contributed by atoms with E-state index in [1.165, 1.54) is 12.1 Å². The van der Waals surface area contributed by atoms with Gasteiger partial charge in [-0.3, -0.25) is 0 Å². The van der Waals surface area contributed by atoms with Crippen LogP contribution in [0.2, 0.25) is 0 Å². The molecule has 9 heteroatoms. The summed E-state index contributed by atoms with van der Waals surface area (Å²) in [5.41, 5.74) is 1.81. The van der Waals surface area contributed by atoms with Gasteiger partial charge in [-0.05, 0) is 61.6 Å². The number of primary sulfonamides is 1. The van der Waals surface area contributed by atoms with Crippen molar-refractivity contribution in [2.45, 2.75) is 51.0 Å². The molecule has 8 nitrogen and oxygen atoms in total. The van der Waals surface area contributed by atoms with Crippen molar-refractivity contribution in [1.82, 2.24) is 10.6 Å².